The third kappa shape index (κ3) is 5.04. The van der Waals surface area contributed by atoms with E-state index in [4.69, 9.17) is 4.84 Å². The number of amides is 1. The van der Waals surface area contributed by atoms with Crippen LogP contribution in [0.5, 0.6) is 0 Å². The van der Waals surface area contributed by atoms with E-state index in [1.165, 1.54) is 30.6 Å². The molecule has 0 saturated carbocycles. The predicted molar refractivity (Wildman–Crippen MR) is 135 cm³/mol. The molecule has 7 nitrogen and oxygen atoms in total. The molecule has 0 aliphatic carbocycles. The molecule has 0 unspecified atom stereocenters. The van der Waals surface area contributed by atoms with Crippen LogP contribution in [0.15, 0.2) is 59.4 Å². The fourth-order valence-electron chi connectivity index (χ4n) is 4.34. The first-order valence-electron chi connectivity index (χ1n) is 11.6. The maximum absolute atomic E-state index is 13.2. The van der Waals surface area contributed by atoms with Gasteiger partial charge in [-0.3, -0.25) is 9.59 Å². The number of hydrogen-bond donors (Lipinski definition) is 1. The second kappa shape index (κ2) is 9.89. The molecule has 3 heterocycles. The van der Waals surface area contributed by atoms with Gasteiger partial charge in [-0.2, -0.15) is 13.2 Å². The first-order valence-corrected chi connectivity index (χ1v) is 12.4. The Balaban J connectivity index is 1.30. The Morgan fingerprint density at radius 2 is 1.92 bits per heavy atom. The van der Waals surface area contributed by atoms with E-state index in [1.807, 2.05) is 30.3 Å². The molecule has 2 aromatic carbocycles. The molecule has 4 aromatic rings. The van der Waals surface area contributed by atoms with Gasteiger partial charge >= 0.3 is 6.18 Å². The van der Waals surface area contributed by atoms with Crippen LogP contribution in [0.1, 0.15) is 32.1 Å². The molecule has 5 rings (SSSR count). The summed E-state index contributed by atoms with van der Waals surface area (Å²) in [4.78, 5) is 38.5. The summed E-state index contributed by atoms with van der Waals surface area (Å²) in [5.41, 5.74) is 0.596. The van der Waals surface area contributed by atoms with Gasteiger partial charge in [-0.05, 0) is 41.6 Å². The van der Waals surface area contributed by atoms with Crippen LogP contribution in [0.4, 0.5) is 19.1 Å². The predicted octanol–water partition coefficient (Wildman–Crippen LogP) is 4.39. The summed E-state index contributed by atoms with van der Waals surface area (Å²) < 4.78 is 40.4. The lowest BCUT2D eigenvalue weighted by Crippen LogP contribution is -2.42. The van der Waals surface area contributed by atoms with E-state index in [2.05, 4.69) is 10.3 Å². The molecule has 37 heavy (non-hydrogen) atoms. The molecule has 2 aromatic heterocycles. The molecule has 1 aliphatic heterocycles. The van der Waals surface area contributed by atoms with Gasteiger partial charge in [0.25, 0.3) is 11.5 Å². The zero-order valence-electron chi connectivity index (χ0n) is 19.8. The van der Waals surface area contributed by atoms with Gasteiger partial charge in [-0.15, -0.1) is 16.1 Å². The van der Waals surface area contributed by atoms with Crippen LogP contribution in [0, 0.1) is 0 Å². The van der Waals surface area contributed by atoms with E-state index in [9.17, 15) is 22.8 Å². The average Bonchev–Trinajstić information content (AvgIpc) is 3.32. The van der Waals surface area contributed by atoms with Gasteiger partial charge in [0.2, 0.25) is 5.95 Å². The summed E-state index contributed by atoms with van der Waals surface area (Å²) in [6.07, 6.45) is -3.54. The standard InChI is InChI=1S/C26H23F3N4O3S/c1-36-33-23(34)19-15-32(24(35)22-14-17-4-2-3-5-21(17)37-22)13-11-20(19)31-25(33)30-12-10-16-6-8-18(9-7-16)26(27,28)29/h2-9,14H,10-13,15H2,1H3,(H,30,31). The highest BCUT2D eigenvalue weighted by Gasteiger charge is 2.30. The maximum Gasteiger partial charge on any atom is 0.416 e. The highest BCUT2D eigenvalue weighted by Crippen LogP contribution is 2.29. The molecule has 0 radical (unpaired) electrons. The van der Waals surface area contributed by atoms with Crippen LogP contribution in [0.25, 0.3) is 10.1 Å². The van der Waals surface area contributed by atoms with Crippen LogP contribution in [0.2, 0.25) is 0 Å². The van der Waals surface area contributed by atoms with Gasteiger partial charge < -0.3 is 15.1 Å². The molecule has 1 amide bonds. The highest BCUT2D eigenvalue weighted by atomic mass is 32.1. The lowest BCUT2D eigenvalue weighted by molar-refractivity contribution is -0.137. The zero-order chi connectivity index (χ0) is 26.2. The Hall–Kier alpha value is -3.86. The third-order valence-corrected chi connectivity index (χ3v) is 7.38. The normalized spacial score (nSPS) is 13.5. The van der Waals surface area contributed by atoms with Crippen LogP contribution >= 0.6 is 11.3 Å². The Morgan fingerprint density at radius 1 is 1.16 bits per heavy atom. The fraction of sp³-hybridized carbons (Fsp3) is 0.269. The van der Waals surface area contributed by atoms with E-state index < -0.39 is 17.3 Å². The van der Waals surface area contributed by atoms with Gasteiger partial charge in [-0.25, -0.2) is 4.98 Å². The number of nitrogens with one attached hydrogen (secondary N) is 1. The van der Waals surface area contributed by atoms with Crippen LogP contribution < -0.4 is 15.7 Å². The molecule has 0 saturated heterocycles. The minimum Gasteiger partial charge on any atom is -0.411 e. The number of fused-ring (bicyclic) bond motifs is 2. The van der Waals surface area contributed by atoms with Gasteiger partial charge in [0.1, 0.15) is 7.11 Å². The summed E-state index contributed by atoms with van der Waals surface area (Å²) in [5.74, 6) is 0.0800. The summed E-state index contributed by atoms with van der Waals surface area (Å²) in [6, 6.07) is 14.6. The van der Waals surface area contributed by atoms with Crippen molar-refractivity contribution >= 4 is 33.3 Å². The second-order valence-electron chi connectivity index (χ2n) is 8.64. The molecule has 11 heteroatoms. The van der Waals surface area contributed by atoms with Gasteiger partial charge in [0.05, 0.1) is 28.2 Å². The number of aromatic nitrogens is 2. The van der Waals surface area contributed by atoms with E-state index in [1.54, 1.807) is 4.90 Å². The third-order valence-electron chi connectivity index (χ3n) is 6.28. The molecule has 0 spiro atoms. The molecule has 1 aliphatic rings. The first-order chi connectivity index (χ1) is 17.7. The number of rotatable bonds is 6. The lowest BCUT2D eigenvalue weighted by atomic mass is 10.1. The smallest absolute Gasteiger partial charge is 0.411 e. The van der Waals surface area contributed by atoms with Crippen molar-refractivity contribution in [2.45, 2.75) is 25.6 Å². The number of nitrogens with zero attached hydrogens (tertiary/aromatic N) is 3. The lowest BCUT2D eigenvalue weighted by Gasteiger charge is -2.28. The number of anilines is 1. The molecule has 1 N–H and O–H groups in total. The second-order valence-corrected chi connectivity index (χ2v) is 9.72. The Morgan fingerprint density at radius 3 is 2.62 bits per heavy atom. The number of benzene rings is 2. The highest BCUT2D eigenvalue weighted by molar-refractivity contribution is 7.20. The van der Waals surface area contributed by atoms with Crippen molar-refractivity contribution in [2.75, 3.05) is 25.5 Å². The van der Waals surface area contributed by atoms with Crippen molar-refractivity contribution < 1.29 is 22.8 Å². The SMILES string of the molecule is COn1c(NCCc2ccc(C(F)(F)F)cc2)nc2c(c1=O)CN(C(=O)c1cc3ccccc3s1)CC2. The van der Waals surface area contributed by atoms with Crippen molar-refractivity contribution in [3.05, 3.63) is 92.2 Å². The zero-order valence-corrected chi connectivity index (χ0v) is 20.7. The first kappa shape index (κ1) is 24.8. The molecule has 0 fully saturated rings. The molecular weight excluding hydrogens is 505 g/mol. The van der Waals surface area contributed by atoms with Gasteiger partial charge in [0.15, 0.2) is 0 Å². The molecule has 0 bridgehead atoms. The Kier molecular flexibility index (Phi) is 6.63. The topological polar surface area (TPSA) is 76.5 Å². The average molecular weight is 529 g/mol. The number of hydrogen-bond acceptors (Lipinski definition) is 6. The van der Waals surface area contributed by atoms with Gasteiger partial charge in [0, 0.05) is 24.2 Å². The Bertz CT molecular complexity index is 1480. The van der Waals surface area contributed by atoms with Crippen LogP contribution in [0.3, 0.4) is 0 Å². The van der Waals surface area contributed by atoms with E-state index in [-0.39, 0.29) is 18.4 Å². The van der Waals surface area contributed by atoms with Gasteiger partial charge in [-0.1, -0.05) is 30.3 Å². The minimum atomic E-state index is -4.38. The molecular formula is C26H23F3N4O3S. The monoisotopic (exact) mass is 528 g/mol. The van der Waals surface area contributed by atoms with Crippen molar-refractivity contribution in [2.24, 2.45) is 0 Å². The number of carbonyl (C=O) groups excluding carboxylic acids is 1. The molecule has 0 atom stereocenters. The quantitative estimate of drug-likeness (QED) is 0.402. The van der Waals surface area contributed by atoms with Crippen LogP contribution in [-0.2, 0) is 25.6 Å². The molecule has 192 valence electrons. The van der Waals surface area contributed by atoms with Crippen LogP contribution in [-0.4, -0.2) is 40.7 Å². The summed E-state index contributed by atoms with van der Waals surface area (Å²) >= 11 is 1.42. The number of carbonyl (C=O) groups is 1. The van der Waals surface area contributed by atoms with Crippen molar-refractivity contribution in [3.63, 3.8) is 0 Å². The summed E-state index contributed by atoms with van der Waals surface area (Å²) in [5, 5.41) is 4.05. The minimum absolute atomic E-state index is 0.128. The summed E-state index contributed by atoms with van der Waals surface area (Å²) in [6.45, 7) is 0.883. The largest absolute Gasteiger partial charge is 0.416 e. The van der Waals surface area contributed by atoms with E-state index in [0.29, 0.717) is 47.6 Å². The maximum atomic E-state index is 13.2. The van der Waals surface area contributed by atoms with Crippen molar-refractivity contribution in [1.82, 2.24) is 14.6 Å². The van der Waals surface area contributed by atoms with E-state index >= 15 is 0 Å². The van der Waals surface area contributed by atoms with E-state index in [0.717, 1.165) is 26.9 Å². The number of halogens is 3. The van der Waals surface area contributed by atoms with Crippen molar-refractivity contribution in [3.8, 4) is 0 Å². The number of thiophene rings is 1. The number of alkyl halides is 3. The summed E-state index contributed by atoms with van der Waals surface area (Å²) in [7, 11) is 1.35. The van der Waals surface area contributed by atoms with Crippen molar-refractivity contribution in [1.29, 1.82) is 0 Å². The fourth-order valence-corrected chi connectivity index (χ4v) is 5.37. The Labute approximate surface area is 214 Å².